The number of hydrogen-bond acceptors (Lipinski definition) is 4. The third-order valence-electron chi connectivity index (χ3n) is 3.23. The quantitative estimate of drug-likeness (QED) is 0.726. The van der Waals surface area contributed by atoms with Crippen molar-refractivity contribution < 1.29 is 19.3 Å². The maximum absolute atomic E-state index is 10.3. The standard InChI is InChI=1S/C12H20O4/c1-10(13)6-11(8-14-2)4-5-12(7-10,16-11)9-15-3/h4-5,13H,6-9H2,1-3H3. The Bertz CT molecular complexity index is 273. The fourth-order valence-corrected chi connectivity index (χ4v) is 3.06. The summed E-state index contributed by atoms with van der Waals surface area (Å²) in [6.07, 6.45) is 5.15. The fourth-order valence-electron chi connectivity index (χ4n) is 3.06. The van der Waals surface area contributed by atoms with Crippen LogP contribution in [0.1, 0.15) is 19.8 Å². The average Bonchev–Trinajstić information content (AvgIpc) is 2.38. The van der Waals surface area contributed by atoms with Gasteiger partial charge in [-0.25, -0.2) is 0 Å². The van der Waals surface area contributed by atoms with E-state index in [0.29, 0.717) is 26.1 Å². The number of hydrogen-bond donors (Lipinski definition) is 1. The molecule has 0 spiro atoms. The molecule has 16 heavy (non-hydrogen) atoms. The van der Waals surface area contributed by atoms with E-state index in [9.17, 15) is 5.11 Å². The first-order valence-corrected chi connectivity index (χ1v) is 5.56. The zero-order valence-electron chi connectivity index (χ0n) is 10.2. The van der Waals surface area contributed by atoms with Gasteiger partial charge in [-0.3, -0.25) is 0 Å². The average molecular weight is 228 g/mol. The summed E-state index contributed by atoms with van der Waals surface area (Å²) in [6, 6.07) is 0. The van der Waals surface area contributed by atoms with Gasteiger partial charge in [-0.15, -0.1) is 0 Å². The summed E-state index contributed by atoms with van der Waals surface area (Å²) in [7, 11) is 3.29. The lowest BCUT2D eigenvalue weighted by Gasteiger charge is -2.46. The molecule has 0 aliphatic carbocycles. The molecule has 92 valence electrons. The normalized spacial score (nSPS) is 46.2. The smallest absolute Gasteiger partial charge is 0.114 e. The van der Waals surface area contributed by atoms with Crippen LogP contribution in [-0.4, -0.2) is 49.3 Å². The molecule has 0 aromatic heterocycles. The first-order chi connectivity index (χ1) is 7.45. The van der Waals surface area contributed by atoms with E-state index in [1.54, 1.807) is 14.2 Å². The highest BCUT2D eigenvalue weighted by Crippen LogP contribution is 2.47. The molecule has 2 heterocycles. The summed E-state index contributed by atoms with van der Waals surface area (Å²) in [5.41, 5.74) is -1.72. The molecule has 4 nitrogen and oxygen atoms in total. The van der Waals surface area contributed by atoms with Gasteiger partial charge in [0.15, 0.2) is 0 Å². The lowest BCUT2D eigenvalue weighted by Crippen LogP contribution is -2.55. The van der Waals surface area contributed by atoms with E-state index in [0.717, 1.165) is 0 Å². The van der Waals surface area contributed by atoms with E-state index in [1.807, 2.05) is 19.1 Å². The molecular weight excluding hydrogens is 208 g/mol. The van der Waals surface area contributed by atoms with Crippen molar-refractivity contribution in [3.8, 4) is 0 Å². The Kier molecular flexibility index (Phi) is 2.87. The predicted octanol–water partition coefficient (Wildman–Crippen LogP) is 0.888. The van der Waals surface area contributed by atoms with Crippen molar-refractivity contribution in [2.75, 3.05) is 27.4 Å². The van der Waals surface area contributed by atoms with E-state index in [1.165, 1.54) is 0 Å². The zero-order valence-corrected chi connectivity index (χ0v) is 10.2. The second-order valence-electron chi connectivity index (χ2n) is 5.28. The van der Waals surface area contributed by atoms with Crippen LogP contribution in [0.15, 0.2) is 12.2 Å². The molecule has 0 aromatic carbocycles. The second kappa shape index (κ2) is 3.81. The molecule has 0 saturated carbocycles. The lowest BCUT2D eigenvalue weighted by atomic mass is 9.80. The Hall–Kier alpha value is -0.420. The van der Waals surface area contributed by atoms with Crippen LogP contribution in [0.5, 0.6) is 0 Å². The summed E-state index contributed by atoms with van der Waals surface area (Å²) < 4.78 is 16.4. The van der Waals surface area contributed by atoms with Gasteiger partial charge < -0.3 is 19.3 Å². The molecule has 1 fully saturated rings. The van der Waals surface area contributed by atoms with Crippen molar-refractivity contribution in [3.05, 3.63) is 12.2 Å². The molecule has 4 heteroatoms. The Morgan fingerprint density at radius 2 is 1.56 bits per heavy atom. The van der Waals surface area contributed by atoms with Gasteiger partial charge in [0, 0.05) is 27.1 Å². The molecule has 2 atom stereocenters. The van der Waals surface area contributed by atoms with E-state index in [4.69, 9.17) is 14.2 Å². The first kappa shape index (κ1) is 12.0. The second-order valence-corrected chi connectivity index (χ2v) is 5.28. The molecule has 0 aromatic rings. The highest BCUT2D eigenvalue weighted by Gasteiger charge is 2.55. The highest BCUT2D eigenvalue weighted by molar-refractivity contribution is 5.25. The van der Waals surface area contributed by atoms with Crippen LogP contribution in [0, 0.1) is 0 Å². The maximum atomic E-state index is 10.3. The van der Waals surface area contributed by atoms with Crippen LogP contribution in [0.25, 0.3) is 0 Å². The van der Waals surface area contributed by atoms with E-state index in [2.05, 4.69) is 0 Å². The van der Waals surface area contributed by atoms with Gasteiger partial charge in [-0.2, -0.15) is 0 Å². The van der Waals surface area contributed by atoms with Crippen molar-refractivity contribution in [2.45, 2.75) is 36.6 Å². The molecule has 0 radical (unpaired) electrons. The number of ether oxygens (including phenoxy) is 3. The van der Waals surface area contributed by atoms with Crippen LogP contribution in [-0.2, 0) is 14.2 Å². The Morgan fingerprint density at radius 3 is 1.94 bits per heavy atom. The van der Waals surface area contributed by atoms with Crippen LogP contribution in [0.4, 0.5) is 0 Å². The number of rotatable bonds is 4. The molecule has 2 bridgehead atoms. The minimum absolute atomic E-state index is 0.463. The van der Waals surface area contributed by atoms with Crippen molar-refractivity contribution in [2.24, 2.45) is 0 Å². The van der Waals surface area contributed by atoms with Crippen LogP contribution in [0.3, 0.4) is 0 Å². The van der Waals surface area contributed by atoms with Crippen LogP contribution in [0.2, 0.25) is 0 Å². The molecule has 2 aliphatic heterocycles. The third-order valence-corrected chi connectivity index (χ3v) is 3.23. The Labute approximate surface area is 96.2 Å². The van der Waals surface area contributed by atoms with E-state index >= 15 is 0 Å². The first-order valence-electron chi connectivity index (χ1n) is 5.56. The van der Waals surface area contributed by atoms with Gasteiger partial charge in [0.2, 0.25) is 0 Å². The van der Waals surface area contributed by atoms with Gasteiger partial charge in [-0.1, -0.05) is 12.2 Å². The monoisotopic (exact) mass is 228 g/mol. The molecule has 1 saturated heterocycles. The number of methoxy groups -OCH3 is 2. The number of aliphatic hydroxyl groups is 1. The van der Waals surface area contributed by atoms with Crippen LogP contribution >= 0.6 is 0 Å². The minimum atomic E-state index is -0.737. The Morgan fingerprint density at radius 1 is 1.12 bits per heavy atom. The van der Waals surface area contributed by atoms with Crippen molar-refractivity contribution in [1.29, 1.82) is 0 Å². The SMILES string of the molecule is COCC12C=CC(COC)(CC(C)(O)C1)O2. The molecule has 2 unspecified atom stereocenters. The van der Waals surface area contributed by atoms with E-state index in [-0.39, 0.29) is 0 Å². The summed E-state index contributed by atoms with van der Waals surface area (Å²) in [6.45, 7) is 2.77. The summed E-state index contributed by atoms with van der Waals surface area (Å²) in [5, 5.41) is 10.3. The predicted molar refractivity (Wildman–Crippen MR) is 59.3 cm³/mol. The van der Waals surface area contributed by atoms with E-state index < -0.39 is 16.8 Å². The van der Waals surface area contributed by atoms with Gasteiger partial charge in [0.25, 0.3) is 0 Å². The van der Waals surface area contributed by atoms with Gasteiger partial charge >= 0.3 is 0 Å². The van der Waals surface area contributed by atoms with Crippen molar-refractivity contribution in [1.82, 2.24) is 0 Å². The third kappa shape index (κ3) is 2.02. The van der Waals surface area contributed by atoms with Gasteiger partial charge in [0.1, 0.15) is 11.2 Å². The molecular formula is C12H20O4. The van der Waals surface area contributed by atoms with Crippen molar-refractivity contribution in [3.63, 3.8) is 0 Å². The summed E-state index contributed by atoms with van der Waals surface area (Å²) in [5.74, 6) is 0. The van der Waals surface area contributed by atoms with Gasteiger partial charge in [0.05, 0.1) is 18.8 Å². The molecule has 1 N–H and O–H groups in total. The topological polar surface area (TPSA) is 47.9 Å². The van der Waals surface area contributed by atoms with Crippen LogP contribution < -0.4 is 0 Å². The summed E-state index contributed by atoms with van der Waals surface area (Å²) >= 11 is 0. The molecule has 0 amide bonds. The van der Waals surface area contributed by atoms with Gasteiger partial charge in [-0.05, 0) is 6.92 Å². The lowest BCUT2D eigenvalue weighted by molar-refractivity contribution is -0.216. The largest absolute Gasteiger partial charge is 0.390 e. The maximum Gasteiger partial charge on any atom is 0.114 e. The Balaban J connectivity index is 2.24. The highest BCUT2D eigenvalue weighted by atomic mass is 16.6. The van der Waals surface area contributed by atoms with Crippen molar-refractivity contribution >= 4 is 0 Å². The zero-order chi connectivity index (χ0) is 11.9. The fraction of sp³-hybridized carbons (Fsp3) is 0.833. The minimum Gasteiger partial charge on any atom is -0.390 e. The molecule has 2 rings (SSSR count). The summed E-state index contributed by atoms with van der Waals surface area (Å²) in [4.78, 5) is 0. The molecule has 2 aliphatic rings. The number of fused-ring (bicyclic) bond motifs is 2.